The number of carbonyl (C=O) groups is 2. The first-order valence-corrected chi connectivity index (χ1v) is 6.22. The fourth-order valence-electron chi connectivity index (χ4n) is 2.04. The molecule has 0 spiro atoms. The van der Waals surface area contributed by atoms with E-state index in [1.165, 1.54) is 0 Å². The summed E-state index contributed by atoms with van der Waals surface area (Å²) in [7, 11) is 0. The van der Waals surface area contributed by atoms with Gasteiger partial charge in [0.1, 0.15) is 11.2 Å². The van der Waals surface area contributed by atoms with Crippen molar-refractivity contribution < 1.29 is 19.1 Å². The molecule has 1 fully saturated rings. The third-order valence-corrected chi connectivity index (χ3v) is 4.32. The van der Waals surface area contributed by atoms with E-state index in [-0.39, 0.29) is 14.9 Å². The minimum atomic E-state index is -1.27. The molecular formula is C16H32O4. The van der Waals surface area contributed by atoms with Crippen LogP contribution in [0.1, 0.15) is 70.2 Å². The molecule has 0 bridgehead atoms. The second-order valence-electron chi connectivity index (χ2n) is 7.15. The largest absolute Gasteiger partial charge is 0.459 e. The Morgan fingerprint density at radius 2 is 1.45 bits per heavy atom. The van der Waals surface area contributed by atoms with Crippen LogP contribution < -0.4 is 0 Å². The lowest BCUT2D eigenvalue weighted by molar-refractivity contribution is -0.176. The summed E-state index contributed by atoms with van der Waals surface area (Å²) in [5.74, 6) is -1.03. The fraction of sp³-hybridized carbons (Fsp3) is 0.875. The molecule has 4 heteroatoms. The number of rotatable bonds is 1. The van der Waals surface area contributed by atoms with Crippen LogP contribution in [-0.2, 0) is 19.1 Å². The molecule has 0 aromatic heterocycles. The van der Waals surface area contributed by atoms with Gasteiger partial charge in [0.2, 0.25) is 0 Å². The van der Waals surface area contributed by atoms with Crippen LogP contribution in [0.2, 0.25) is 0 Å². The van der Waals surface area contributed by atoms with E-state index in [0.717, 1.165) is 0 Å². The highest BCUT2D eigenvalue weighted by molar-refractivity contribution is 6.02. The molecule has 1 heterocycles. The SMILES string of the molecule is C.C.CC(C)(C)OC(=O)C1(C)C(=O)OC(C)(C)C1(C)C. The first kappa shape index (κ1) is 21.2. The molecule has 1 rings (SSSR count). The van der Waals surface area contributed by atoms with Crippen molar-refractivity contribution in [1.29, 1.82) is 0 Å². The molecule has 0 radical (unpaired) electrons. The summed E-state index contributed by atoms with van der Waals surface area (Å²) < 4.78 is 10.8. The normalized spacial score (nSPS) is 26.9. The van der Waals surface area contributed by atoms with Crippen LogP contribution in [0, 0.1) is 10.8 Å². The van der Waals surface area contributed by atoms with E-state index in [1.807, 2.05) is 27.7 Å². The van der Waals surface area contributed by atoms with Crippen LogP contribution >= 0.6 is 0 Å². The molecule has 1 saturated heterocycles. The van der Waals surface area contributed by atoms with Crippen molar-refractivity contribution in [3.05, 3.63) is 0 Å². The molecule has 1 aliphatic rings. The summed E-state index contributed by atoms with van der Waals surface area (Å²) in [6.07, 6.45) is 0. The topological polar surface area (TPSA) is 52.6 Å². The lowest BCUT2D eigenvalue weighted by Gasteiger charge is -2.39. The number of hydrogen-bond donors (Lipinski definition) is 0. The first-order chi connectivity index (χ1) is 7.76. The Balaban J connectivity index is 0. The number of hydrogen-bond acceptors (Lipinski definition) is 4. The van der Waals surface area contributed by atoms with Gasteiger partial charge in [-0.25, -0.2) is 0 Å². The summed E-state index contributed by atoms with van der Waals surface area (Å²) in [5, 5.41) is 0. The predicted octanol–water partition coefficient (Wildman–Crippen LogP) is 3.97. The molecule has 4 nitrogen and oxygen atoms in total. The van der Waals surface area contributed by atoms with Gasteiger partial charge in [0.25, 0.3) is 0 Å². The van der Waals surface area contributed by atoms with Crippen molar-refractivity contribution in [2.24, 2.45) is 10.8 Å². The Kier molecular flexibility index (Phi) is 5.71. The quantitative estimate of drug-likeness (QED) is 0.541. The van der Waals surface area contributed by atoms with E-state index in [0.29, 0.717) is 0 Å². The monoisotopic (exact) mass is 288 g/mol. The molecule has 0 aliphatic carbocycles. The number of ether oxygens (including phenoxy) is 2. The van der Waals surface area contributed by atoms with Crippen LogP contribution in [0.4, 0.5) is 0 Å². The lowest BCUT2D eigenvalue weighted by atomic mass is 9.61. The minimum Gasteiger partial charge on any atom is -0.459 e. The first-order valence-electron chi connectivity index (χ1n) is 6.22. The van der Waals surface area contributed by atoms with Crippen LogP contribution in [0.25, 0.3) is 0 Å². The van der Waals surface area contributed by atoms with Crippen molar-refractivity contribution in [3.63, 3.8) is 0 Å². The molecule has 0 amide bonds. The number of esters is 2. The molecular weight excluding hydrogens is 256 g/mol. The van der Waals surface area contributed by atoms with Gasteiger partial charge in [0, 0.05) is 5.41 Å². The highest BCUT2D eigenvalue weighted by Crippen LogP contribution is 2.56. The van der Waals surface area contributed by atoms with Gasteiger partial charge in [0.15, 0.2) is 5.41 Å². The van der Waals surface area contributed by atoms with Gasteiger partial charge in [-0.2, -0.15) is 0 Å². The maximum atomic E-state index is 12.4. The van der Waals surface area contributed by atoms with Crippen molar-refractivity contribution in [2.75, 3.05) is 0 Å². The third-order valence-electron chi connectivity index (χ3n) is 4.32. The van der Waals surface area contributed by atoms with Crippen LogP contribution in [0.15, 0.2) is 0 Å². The van der Waals surface area contributed by atoms with Crippen molar-refractivity contribution >= 4 is 11.9 Å². The minimum absolute atomic E-state index is 0. The molecule has 1 atom stereocenters. The van der Waals surface area contributed by atoms with Gasteiger partial charge >= 0.3 is 11.9 Å². The maximum Gasteiger partial charge on any atom is 0.324 e. The smallest absolute Gasteiger partial charge is 0.324 e. The Morgan fingerprint density at radius 3 is 1.70 bits per heavy atom. The second kappa shape index (κ2) is 5.38. The summed E-state index contributed by atoms with van der Waals surface area (Å²) in [6, 6.07) is 0. The van der Waals surface area contributed by atoms with E-state index in [4.69, 9.17) is 9.47 Å². The lowest BCUT2D eigenvalue weighted by Crippen LogP contribution is -2.51. The molecule has 1 aliphatic heterocycles. The standard InChI is InChI=1S/C14H24O4.2CH4/c1-11(2,3)17-9(15)14(8)10(16)18-13(6,7)12(14,4)5;;/h1-8H3;2*1H4. The average molecular weight is 288 g/mol. The second-order valence-corrected chi connectivity index (χ2v) is 7.15. The van der Waals surface area contributed by atoms with E-state index >= 15 is 0 Å². The third kappa shape index (κ3) is 2.84. The summed E-state index contributed by atoms with van der Waals surface area (Å²) in [6.45, 7) is 14.3. The van der Waals surface area contributed by atoms with Gasteiger partial charge in [-0.15, -0.1) is 0 Å². The Labute approximate surface area is 124 Å². The Morgan fingerprint density at radius 1 is 1.05 bits per heavy atom. The molecule has 0 aromatic carbocycles. The van der Waals surface area contributed by atoms with E-state index in [9.17, 15) is 9.59 Å². The number of carbonyl (C=O) groups excluding carboxylic acids is 2. The molecule has 20 heavy (non-hydrogen) atoms. The zero-order valence-corrected chi connectivity index (χ0v) is 12.6. The highest BCUT2D eigenvalue weighted by Gasteiger charge is 2.69. The summed E-state index contributed by atoms with van der Waals surface area (Å²) in [5.41, 5.74) is -3.23. The summed E-state index contributed by atoms with van der Waals surface area (Å²) in [4.78, 5) is 24.5. The van der Waals surface area contributed by atoms with E-state index in [2.05, 4.69) is 0 Å². The van der Waals surface area contributed by atoms with E-state index in [1.54, 1.807) is 27.7 Å². The van der Waals surface area contributed by atoms with E-state index < -0.39 is 34.0 Å². The van der Waals surface area contributed by atoms with Gasteiger partial charge in [-0.3, -0.25) is 9.59 Å². The van der Waals surface area contributed by atoms with Gasteiger partial charge < -0.3 is 9.47 Å². The van der Waals surface area contributed by atoms with Crippen LogP contribution in [-0.4, -0.2) is 23.1 Å². The highest BCUT2D eigenvalue weighted by atomic mass is 16.6. The average Bonchev–Trinajstić information content (AvgIpc) is 2.22. The molecule has 0 N–H and O–H groups in total. The van der Waals surface area contributed by atoms with Crippen molar-refractivity contribution in [3.8, 4) is 0 Å². The zero-order valence-electron chi connectivity index (χ0n) is 12.6. The molecule has 0 saturated carbocycles. The molecule has 120 valence electrons. The van der Waals surface area contributed by atoms with Crippen LogP contribution in [0.5, 0.6) is 0 Å². The molecule has 1 unspecified atom stereocenters. The Bertz CT molecular complexity index is 388. The van der Waals surface area contributed by atoms with Gasteiger partial charge in [0.05, 0.1) is 0 Å². The van der Waals surface area contributed by atoms with Gasteiger partial charge in [-0.1, -0.05) is 28.7 Å². The Hall–Kier alpha value is -1.06. The van der Waals surface area contributed by atoms with Gasteiger partial charge in [-0.05, 0) is 41.5 Å². The fourth-order valence-corrected chi connectivity index (χ4v) is 2.04. The summed E-state index contributed by atoms with van der Waals surface area (Å²) >= 11 is 0. The van der Waals surface area contributed by atoms with Crippen molar-refractivity contribution in [1.82, 2.24) is 0 Å². The predicted molar refractivity (Wildman–Crippen MR) is 81.4 cm³/mol. The van der Waals surface area contributed by atoms with Crippen LogP contribution in [0.3, 0.4) is 0 Å². The zero-order chi connectivity index (χ0) is 14.6. The van der Waals surface area contributed by atoms with Crippen molar-refractivity contribution in [2.45, 2.75) is 81.4 Å². The number of cyclic esters (lactones) is 1. The molecule has 0 aromatic rings. The maximum absolute atomic E-state index is 12.4.